The molecule has 0 spiro atoms. The molecule has 0 amide bonds. The Labute approximate surface area is 124 Å². The van der Waals surface area contributed by atoms with Crippen LogP contribution in [0.2, 0.25) is 0 Å². The highest BCUT2D eigenvalue weighted by Gasteiger charge is 2.12. The Kier molecular flexibility index (Phi) is 13.4. The fourth-order valence-electron chi connectivity index (χ4n) is 0.713. The molecule has 2 atom stereocenters. The van der Waals surface area contributed by atoms with Gasteiger partial charge in [-0.25, -0.2) is 0 Å². The van der Waals surface area contributed by atoms with Crippen LogP contribution in [-0.4, -0.2) is 52.3 Å². The molecule has 0 saturated carbocycles. The Hall–Kier alpha value is -0.700. The van der Waals surface area contributed by atoms with E-state index in [9.17, 15) is 9.59 Å². The van der Waals surface area contributed by atoms with Crippen molar-refractivity contribution < 1.29 is 19.8 Å². The Morgan fingerprint density at radius 3 is 1.95 bits per heavy atom. The van der Waals surface area contributed by atoms with Crippen LogP contribution in [0.15, 0.2) is 11.6 Å². The van der Waals surface area contributed by atoms with E-state index in [0.717, 1.165) is 0 Å². The summed E-state index contributed by atoms with van der Waals surface area (Å²) in [7, 11) is 0. The van der Waals surface area contributed by atoms with Crippen LogP contribution in [0, 0.1) is 0 Å². The summed E-state index contributed by atoms with van der Waals surface area (Å²) in [6.07, 6.45) is 1.94. The van der Waals surface area contributed by atoms with Crippen molar-refractivity contribution in [3.05, 3.63) is 11.6 Å². The minimum atomic E-state index is -1.00. The van der Waals surface area contributed by atoms with E-state index in [1.165, 1.54) is 5.57 Å². The number of carboxylic acid groups (broad SMARTS) is 2. The zero-order chi connectivity index (χ0) is 15.4. The molecule has 0 aliphatic heterocycles. The second-order valence-corrected chi connectivity index (χ2v) is 4.62. The summed E-state index contributed by atoms with van der Waals surface area (Å²) in [4.78, 5) is 20.2. The van der Waals surface area contributed by atoms with Crippen LogP contribution >= 0.6 is 25.3 Å². The Balaban J connectivity index is 0. The standard InChI is InChI=1S/C8H15NO2S.C3H7NO2S/c1-6(2)3-4-9-7(5-12)8(10)11;4-2(1-7)3(5)6/h3,7,9,12H,4-5H2,1-2H3,(H,10,11);2,7H,1,4H2,(H,5,6). The summed E-state index contributed by atoms with van der Waals surface area (Å²) in [6.45, 7) is 4.52. The van der Waals surface area contributed by atoms with Crippen LogP contribution < -0.4 is 11.1 Å². The smallest absolute Gasteiger partial charge is 0.321 e. The summed E-state index contributed by atoms with van der Waals surface area (Å²) in [5, 5.41) is 19.5. The van der Waals surface area contributed by atoms with E-state index in [0.29, 0.717) is 12.3 Å². The number of hydrogen-bond donors (Lipinski definition) is 6. The zero-order valence-electron chi connectivity index (χ0n) is 11.0. The Morgan fingerprint density at radius 2 is 1.74 bits per heavy atom. The maximum atomic E-state index is 10.5. The predicted molar refractivity (Wildman–Crippen MR) is 82.2 cm³/mol. The minimum Gasteiger partial charge on any atom is -0.480 e. The molecule has 0 fully saturated rings. The monoisotopic (exact) mass is 310 g/mol. The number of rotatable bonds is 7. The molecule has 0 bridgehead atoms. The van der Waals surface area contributed by atoms with Crippen LogP contribution in [0.3, 0.4) is 0 Å². The van der Waals surface area contributed by atoms with Gasteiger partial charge in [0, 0.05) is 18.1 Å². The number of allylic oxidation sites excluding steroid dienone is 1. The van der Waals surface area contributed by atoms with E-state index < -0.39 is 24.0 Å². The second kappa shape index (κ2) is 12.3. The number of carboxylic acids is 2. The van der Waals surface area contributed by atoms with Crippen molar-refractivity contribution in [1.29, 1.82) is 0 Å². The van der Waals surface area contributed by atoms with Crippen molar-refractivity contribution in [2.45, 2.75) is 25.9 Å². The summed E-state index contributed by atoms with van der Waals surface area (Å²) in [5.41, 5.74) is 6.11. The first-order valence-electron chi connectivity index (χ1n) is 5.55. The number of carbonyl (C=O) groups is 2. The first kappa shape index (κ1) is 20.6. The predicted octanol–water partition coefficient (Wildman–Crippen LogP) is 0.253. The summed E-state index contributed by atoms with van der Waals surface area (Å²) in [5.74, 6) is -1.36. The average molecular weight is 310 g/mol. The van der Waals surface area contributed by atoms with Crippen LogP contribution in [0.1, 0.15) is 13.8 Å². The van der Waals surface area contributed by atoms with Crippen molar-refractivity contribution in [2.24, 2.45) is 5.73 Å². The highest BCUT2D eigenvalue weighted by molar-refractivity contribution is 7.80. The number of hydrogen-bond acceptors (Lipinski definition) is 6. The summed E-state index contributed by atoms with van der Waals surface area (Å²) in [6, 6.07) is -1.37. The molecule has 0 radical (unpaired) electrons. The molecule has 0 saturated heterocycles. The van der Waals surface area contributed by atoms with Gasteiger partial charge in [0.2, 0.25) is 0 Å². The summed E-state index contributed by atoms with van der Waals surface area (Å²) >= 11 is 7.56. The normalized spacial score (nSPS) is 12.7. The lowest BCUT2D eigenvalue weighted by Gasteiger charge is -2.09. The van der Waals surface area contributed by atoms with Crippen molar-refractivity contribution in [2.75, 3.05) is 18.1 Å². The van der Waals surface area contributed by atoms with Crippen LogP contribution in [0.4, 0.5) is 0 Å². The maximum Gasteiger partial charge on any atom is 0.321 e. The van der Waals surface area contributed by atoms with Gasteiger partial charge in [0.1, 0.15) is 12.1 Å². The van der Waals surface area contributed by atoms with E-state index in [4.69, 9.17) is 15.9 Å². The topological polar surface area (TPSA) is 113 Å². The van der Waals surface area contributed by atoms with E-state index in [-0.39, 0.29) is 5.75 Å². The lowest BCUT2D eigenvalue weighted by Crippen LogP contribution is -2.38. The lowest BCUT2D eigenvalue weighted by molar-refractivity contribution is -0.139. The molecular formula is C11H22N2O4S2. The SMILES string of the molecule is CC(C)=CCNC(CS)C(=O)O.NC(CS)C(=O)O. The van der Waals surface area contributed by atoms with Crippen molar-refractivity contribution in [1.82, 2.24) is 5.32 Å². The molecule has 0 aromatic heterocycles. The molecule has 6 nitrogen and oxygen atoms in total. The molecule has 19 heavy (non-hydrogen) atoms. The van der Waals surface area contributed by atoms with E-state index in [1.54, 1.807) is 0 Å². The third-order valence-corrected chi connectivity index (χ3v) is 2.63. The number of nitrogens with two attached hydrogens (primary N) is 1. The number of nitrogens with one attached hydrogen (secondary N) is 1. The lowest BCUT2D eigenvalue weighted by atomic mass is 10.3. The van der Waals surface area contributed by atoms with Crippen LogP contribution in [0.5, 0.6) is 0 Å². The summed E-state index contributed by atoms with van der Waals surface area (Å²) < 4.78 is 0. The maximum absolute atomic E-state index is 10.5. The quantitative estimate of drug-likeness (QED) is 0.297. The van der Waals surface area contributed by atoms with Gasteiger partial charge < -0.3 is 21.3 Å². The van der Waals surface area contributed by atoms with Gasteiger partial charge >= 0.3 is 11.9 Å². The highest BCUT2D eigenvalue weighted by atomic mass is 32.1. The number of aliphatic carboxylic acids is 2. The van der Waals surface area contributed by atoms with Gasteiger partial charge in [0.25, 0.3) is 0 Å². The van der Waals surface area contributed by atoms with E-state index in [2.05, 4.69) is 30.6 Å². The van der Waals surface area contributed by atoms with Gasteiger partial charge in [-0.3, -0.25) is 9.59 Å². The molecule has 8 heteroatoms. The Bertz CT molecular complexity index is 307. The van der Waals surface area contributed by atoms with Gasteiger partial charge in [-0.1, -0.05) is 11.6 Å². The largest absolute Gasteiger partial charge is 0.480 e. The van der Waals surface area contributed by atoms with Gasteiger partial charge in [0.15, 0.2) is 0 Å². The van der Waals surface area contributed by atoms with E-state index in [1.807, 2.05) is 19.9 Å². The fraction of sp³-hybridized carbons (Fsp3) is 0.636. The van der Waals surface area contributed by atoms with Crippen molar-refractivity contribution in [3.63, 3.8) is 0 Å². The molecule has 5 N–H and O–H groups in total. The molecule has 0 heterocycles. The fourth-order valence-corrected chi connectivity index (χ4v) is 1.15. The van der Waals surface area contributed by atoms with Crippen LogP contribution in [0.25, 0.3) is 0 Å². The van der Waals surface area contributed by atoms with Gasteiger partial charge in [-0.05, 0) is 13.8 Å². The molecule has 0 aliphatic carbocycles. The molecule has 0 aromatic carbocycles. The van der Waals surface area contributed by atoms with Gasteiger partial charge in [0.05, 0.1) is 0 Å². The molecule has 0 aromatic rings. The van der Waals surface area contributed by atoms with E-state index >= 15 is 0 Å². The van der Waals surface area contributed by atoms with Gasteiger partial charge in [-0.15, -0.1) is 0 Å². The molecular weight excluding hydrogens is 288 g/mol. The third-order valence-electron chi connectivity index (χ3n) is 1.87. The zero-order valence-corrected chi connectivity index (χ0v) is 12.8. The van der Waals surface area contributed by atoms with Gasteiger partial charge in [-0.2, -0.15) is 25.3 Å². The second-order valence-electron chi connectivity index (χ2n) is 3.89. The Morgan fingerprint density at radius 1 is 1.21 bits per heavy atom. The molecule has 0 aliphatic rings. The highest BCUT2D eigenvalue weighted by Crippen LogP contribution is 1.90. The first-order valence-corrected chi connectivity index (χ1v) is 6.82. The molecule has 112 valence electrons. The number of thiol groups is 2. The van der Waals surface area contributed by atoms with Crippen molar-refractivity contribution in [3.8, 4) is 0 Å². The first-order chi connectivity index (χ1) is 8.76. The molecule has 0 rings (SSSR count). The van der Waals surface area contributed by atoms with Crippen LogP contribution in [-0.2, 0) is 9.59 Å². The third kappa shape index (κ3) is 13.5. The minimum absolute atomic E-state index is 0.190. The van der Waals surface area contributed by atoms with Crippen molar-refractivity contribution >= 4 is 37.2 Å². The molecule has 2 unspecified atom stereocenters. The average Bonchev–Trinajstić information content (AvgIpc) is 2.33.